The van der Waals surface area contributed by atoms with Gasteiger partial charge in [-0.25, -0.2) is 13.4 Å². The first-order valence-corrected chi connectivity index (χ1v) is 14.5. The lowest BCUT2D eigenvalue weighted by atomic mass is 9.77. The zero-order valence-corrected chi connectivity index (χ0v) is 21.4. The molecule has 0 spiro atoms. The Bertz CT molecular complexity index is 1480. The minimum atomic E-state index is -3.74. The van der Waals surface area contributed by atoms with Crippen LogP contribution in [0.25, 0.3) is 16.8 Å². The lowest BCUT2D eigenvalue weighted by Gasteiger charge is -2.39. The molecule has 3 fully saturated rings. The van der Waals surface area contributed by atoms with Crippen LogP contribution in [-0.2, 0) is 20.2 Å². The van der Waals surface area contributed by atoms with Crippen molar-refractivity contribution in [3.63, 3.8) is 0 Å². The number of piperidine rings is 1. The van der Waals surface area contributed by atoms with Crippen LogP contribution in [0.1, 0.15) is 62.3 Å². The number of carbonyl (C=O) groups excluding carboxylic acids is 1. The number of nitrogens with zero attached hydrogens (tertiary/aromatic N) is 5. The van der Waals surface area contributed by atoms with Gasteiger partial charge in [-0.1, -0.05) is 6.07 Å². The number of carbonyl (C=O) groups is 1. The van der Waals surface area contributed by atoms with E-state index in [-0.39, 0.29) is 34.6 Å². The van der Waals surface area contributed by atoms with Crippen molar-refractivity contribution in [2.75, 3.05) is 18.6 Å². The van der Waals surface area contributed by atoms with Gasteiger partial charge in [-0.2, -0.15) is 9.61 Å². The topological polar surface area (TPSA) is 164 Å². The fraction of sp³-hybridized carbons (Fsp3) is 0.520. The van der Waals surface area contributed by atoms with Crippen LogP contribution in [0.4, 0.5) is 5.82 Å². The summed E-state index contributed by atoms with van der Waals surface area (Å²) in [7, 11) is -3.74. The smallest absolute Gasteiger partial charge is 0.248 e. The number of amides is 1. The summed E-state index contributed by atoms with van der Waals surface area (Å²) in [5, 5.41) is 24.4. The van der Waals surface area contributed by atoms with Gasteiger partial charge in [-0.15, -0.1) is 0 Å². The number of hydrogen-bond donors (Lipinski definition) is 3. The van der Waals surface area contributed by atoms with Crippen molar-refractivity contribution < 1.29 is 23.4 Å². The van der Waals surface area contributed by atoms with Crippen LogP contribution in [-0.4, -0.2) is 74.0 Å². The van der Waals surface area contributed by atoms with Gasteiger partial charge in [0, 0.05) is 41.6 Å². The molecule has 0 radical (unpaired) electrons. The standard InChI is InChI=1S/C25H30N6O5S/c1-37(35,36)22-21(15-9-16-4-5-17(10-15)30(16)20(33)13-32)29-24-18(12-28-31(24)23(22)26)14-3-6-19(27-11-14)25(34)7-2-8-25/h3,6,11-12,15-17,32,34H,2,4-5,7-10,13,26H2,1H3/t15?,16-,17+. The molecule has 0 aromatic carbocycles. The van der Waals surface area contributed by atoms with Gasteiger partial charge in [0.1, 0.15) is 22.9 Å². The fourth-order valence-electron chi connectivity index (χ4n) is 6.36. The van der Waals surface area contributed by atoms with Gasteiger partial charge in [0.25, 0.3) is 0 Å². The minimum Gasteiger partial charge on any atom is -0.387 e. The van der Waals surface area contributed by atoms with Crippen molar-refractivity contribution in [2.24, 2.45) is 0 Å². The Morgan fingerprint density at radius 2 is 1.89 bits per heavy atom. The van der Waals surface area contributed by atoms with Crippen molar-refractivity contribution in [1.29, 1.82) is 0 Å². The molecule has 3 aromatic rings. The number of fused-ring (bicyclic) bond motifs is 3. The molecule has 2 aliphatic heterocycles. The van der Waals surface area contributed by atoms with E-state index in [1.807, 2.05) is 6.07 Å². The zero-order chi connectivity index (χ0) is 26.1. The number of aliphatic hydroxyl groups excluding tert-OH is 1. The predicted molar refractivity (Wildman–Crippen MR) is 134 cm³/mol. The highest BCUT2D eigenvalue weighted by Gasteiger charge is 2.45. The summed E-state index contributed by atoms with van der Waals surface area (Å²) in [5.74, 6) is -0.505. The average Bonchev–Trinajstić information content (AvgIpc) is 3.39. The maximum absolute atomic E-state index is 12.9. The van der Waals surface area contributed by atoms with Crippen molar-refractivity contribution in [3.8, 4) is 11.1 Å². The number of hydrogen-bond acceptors (Lipinski definition) is 9. The number of aromatic nitrogens is 4. The number of nitrogens with two attached hydrogens (primary N) is 1. The average molecular weight is 527 g/mol. The van der Waals surface area contributed by atoms with Crippen LogP contribution in [0, 0.1) is 0 Å². The number of sulfone groups is 1. The summed E-state index contributed by atoms with van der Waals surface area (Å²) < 4.78 is 27.2. The number of anilines is 1. The van der Waals surface area contributed by atoms with E-state index >= 15 is 0 Å². The molecule has 2 bridgehead atoms. The van der Waals surface area contributed by atoms with Crippen LogP contribution < -0.4 is 5.73 Å². The maximum Gasteiger partial charge on any atom is 0.248 e. The quantitative estimate of drug-likeness (QED) is 0.445. The molecule has 1 amide bonds. The Hall–Kier alpha value is -3.09. The van der Waals surface area contributed by atoms with E-state index in [1.165, 1.54) is 4.52 Å². The lowest BCUT2D eigenvalue weighted by molar-refractivity contribution is -0.138. The summed E-state index contributed by atoms with van der Waals surface area (Å²) in [4.78, 5) is 23.4. The molecule has 3 atom stereocenters. The molecule has 2 saturated heterocycles. The number of aliphatic hydroxyl groups is 2. The number of rotatable bonds is 5. The van der Waals surface area contributed by atoms with Gasteiger partial charge in [0.2, 0.25) is 5.91 Å². The van der Waals surface area contributed by atoms with Gasteiger partial charge in [-0.05, 0) is 51.0 Å². The van der Waals surface area contributed by atoms with Crippen molar-refractivity contribution in [1.82, 2.24) is 24.5 Å². The van der Waals surface area contributed by atoms with Gasteiger partial charge in [0.15, 0.2) is 15.5 Å². The Kier molecular flexibility index (Phi) is 5.55. The maximum atomic E-state index is 12.9. The highest BCUT2D eigenvalue weighted by molar-refractivity contribution is 7.91. The van der Waals surface area contributed by atoms with E-state index < -0.39 is 22.0 Å². The van der Waals surface area contributed by atoms with E-state index in [2.05, 4.69) is 10.1 Å². The summed E-state index contributed by atoms with van der Waals surface area (Å²) >= 11 is 0. The molecule has 3 aromatic heterocycles. The molecule has 37 heavy (non-hydrogen) atoms. The van der Waals surface area contributed by atoms with Crippen LogP contribution in [0.5, 0.6) is 0 Å². The highest BCUT2D eigenvalue weighted by atomic mass is 32.2. The first-order chi connectivity index (χ1) is 17.6. The Morgan fingerprint density at radius 1 is 1.19 bits per heavy atom. The molecular weight excluding hydrogens is 496 g/mol. The van der Waals surface area contributed by atoms with Crippen LogP contribution in [0.3, 0.4) is 0 Å². The zero-order valence-electron chi connectivity index (χ0n) is 20.5. The molecule has 12 heteroatoms. The van der Waals surface area contributed by atoms with Crippen molar-refractivity contribution >= 4 is 27.2 Å². The number of pyridine rings is 1. The second-order valence-corrected chi connectivity index (χ2v) is 12.6. The first kappa shape index (κ1) is 24.3. The molecule has 5 heterocycles. The predicted octanol–water partition coefficient (Wildman–Crippen LogP) is 1.38. The monoisotopic (exact) mass is 526 g/mol. The lowest BCUT2D eigenvalue weighted by Crippen LogP contribution is -2.47. The second-order valence-electron chi connectivity index (χ2n) is 10.6. The molecule has 3 aliphatic rings. The second kappa shape index (κ2) is 8.47. The normalized spacial score (nSPS) is 24.8. The Balaban J connectivity index is 1.44. The summed E-state index contributed by atoms with van der Waals surface area (Å²) in [5.41, 5.74) is 8.40. The third-order valence-electron chi connectivity index (χ3n) is 8.31. The summed E-state index contributed by atoms with van der Waals surface area (Å²) in [6, 6.07) is 3.51. The van der Waals surface area contributed by atoms with Crippen LogP contribution in [0.2, 0.25) is 0 Å². The summed E-state index contributed by atoms with van der Waals surface area (Å²) in [6.07, 6.45) is 9.44. The van der Waals surface area contributed by atoms with Crippen LogP contribution >= 0.6 is 0 Å². The molecule has 196 valence electrons. The third-order valence-corrected chi connectivity index (χ3v) is 9.47. The Labute approximate surface area is 214 Å². The van der Waals surface area contributed by atoms with E-state index in [1.54, 1.807) is 23.4 Å². The molecule has 1 aliphatic carbocycles. The number of nitrogen functional groups attached to an aromatic ring is 1. The van der Waals surface area contributed by atoms with Gasteiger partial charge in [-0.3, -0.25) is 9.78 Å². The van der Waals surface area contributed by atoms with Gasteiger partial charge in [0.05, 0.1) is 17.6 Å². The van der Waals surface area contributed by atoms with E-state index in [4.69, 9.17) is 10.7 Å². The Morgan fingerprint density at radius 3 is 2.43 bits per heavy atom. The van der Waals surface area contributed by atoms with Crippen LogP contribution in [0.15, 0.2) is 29.4 Å². The van der Waals surface area contributed by atoms with E-state index in [0.717, 1.165) is 31.1 Å². The molecule has 4 N–H and O–H groups in total. The fourth-order valence-corrected chi connectivity index (χ4v) is 7.42. The van der Waals surface area contributed by atoms with Gasteiger partial charge < -0.3 is 20.8 Å². The third kappa shape index (κ3) is 3.80. The van der Waals surface area contributed by atoms with Gasteiger partial charge >= 0.3 is 0 Å². The van der Waals surface area contributed by atoms with E-state index in [0.29, 0.717) is 48.3 Å². The largest absolute Gasteiger partial charge is 0.387 e. The van der Waals surface area contributed by atoms with Crippen molar-refractivity contribution in [2.45, 2.75) is 73.4 Å². The molecule has 1 unspecified atom stereocenters. The molecular formula is C25H30N6O5S. The highest BCUT2D eigenvalue weighted by Crippen LogP contribution is 2.45. The first-order valence-electron chi connectivity index (χ1n) is 12.6. The van der Waals surface area contributed by atoms with Crippen molar-refractivity contribution in [3.05, 3.63) is 35.9 Å². The minimum absolute atomic E-state index is 0.00307. The van der Waals surface area contributed by atoms with E-state index in [9.17, 15) is 23.4 Å². The molecule has 11 nitrogen and oxygen atoms in total. The SMILES string of the molecule is CS(=O)(=O)c1c(C2C[C@H]3CC[C@@H](C2)N3C(=O)CO)nc2c(-c3ccc(C4(O)CCC4)nc3)cnn2c1N. The molecule has 6 rings (SSSR count). The molecule has 1 saturated carbocycles. The summed E-state index contributed by atoms with van der Waals surface area (Å²) in [6.45, 7) is -0.535.